The lowest BCUT2D eigenvalue weighted by Gasteiger charge is -2.17. The maximum atomic E-state index is 13.4. The average Bonchev–Trinajstić information content (AvgIpc) is 3.25. The SMILES string of the molecule is [2H][13C]([2H])([2H])NCCc1cc2c(c(OC)c1CC(=O)c1ccc(OC)c(OC)c1C(=O)O)OCO2. The number of nitrogens with one attached hydrogen (secondary N) is 1. The van der Waals surface area contributed by atoms with Crippen molar-refractivity contribution in [1.29, 1.82) is 0 Å². The van der Waals surface area contributed by atoms with E-state index in [1.807, 2.05) is 0 Å². The number of fused-ring (bicyclic) bond motifs is 1. The van der Waals surface area contributed by atoms with E-state index in [1.165, 1.54) is 33.5 Å². The predicted molar refractivity (Wildman–Crippen MR) is 111 cm³/mol. The maximum absolute atomic E-state index is 13.4. The molecule has 2 aromatic rings. The third kappa shape index (κ3) is 4.22. The van der Waals surface area contributed by atoms with Gasteiger partial charge in [-0.1, -0.05) is 0 Å². The van der Waals surface area contributed by atoms with Crippen LogP contribution >= 0.6 is 0 Å². The van der Waals surface area contributed by atoms with Gasteiger partial charge in [0.25, 0.3) is 0 Å². The molecule has 0 atom stereocenters. The molecule has 0 radical (unpaired) electrons. The molecule has 0 saturated carbocycles. The normalized spacial score (nSPS) is 13.7. The van der Waals surface area contributed by atoms with Crippen LogP contribution < -0.4 is 29.0 Å². The Balaban J connectivity index is 2.05. The minimum atomic E-state index is -2.33. The van der Waals surface area contributed by atoms with Gasteiger partial charge in [0.15, 0.2) is 28.8 Å². The zero-order valence-electron chi connectivity index (χ0n) is 20.4. The van der Waals surface area contributed by atoms with Crippen molar-refractivity contribution in [2.24, 2.45) is 0 Å². The molecule has 1 heterocycles. The molecular formula is C22H25NO8. The fourth-order valence-corrected chi connectivity index (χ4v) is 3.56. The highest BCUT2D eigenvalue weighted by molar-refractivity contribution is 6.09. The molecule has 2 aromatic carbocycles. The molecule has 2 N–H and O–H groups in total. The molecule has 1 aliphatic rings. The third-order valence-corrected chi connectivity index (χ3v) is 4.94. The van der Waals surface area contributed by atoms with E-state index in [2.05, 4.69) is 5.32 Å². The van der Waals surface area contributed by atoms with Gasteiger partial charge in [-0.15, -0.1) is 0 Å². The van der Waals surface area contributed by atoms with E-state index in [-0.39, 0.29) is 54.6 Å². The van der Waals surface area contributed by atoms with Crippen LogP contribution in [0.5, 0.6) is 28.7 Å². The number of ether oxygens (including phenoxy) is 5. The lowest BCUT2D eigenvalue weighted by Crippen LogP contribution is -2.16. The number of carboxylic acids is 1. The third-order valence-electron chi connectivity index (χ3n) is 4.94. The lowest BCUT2D eigenvalue weighted by atomic mass is 9.93. The summed E-state index contributed by atoms with van der Waals surface area (Å²) < 4.78 is 48.8. The first-order chi connectivity index (χ1) is 16.1. The Labute approximate surface area is 184 Å². The summed E-state index contributed by atoms with van der Waals surface area (Å²) in [5, 5.41) is 12.2. The molecule has 31 heavy (non-hydrogen) atoms. The number of carbonyl (C=O) groups is 2. The molecule has 0 aromatic heterocycles. The Bertz CT molecular complexity index is 1100. The standard InChI is InChI=1S/C22H25NO8/c1-23-8-7-12-9-17-21(31-11-30-17)19(28-3)14(12)10-15(24)13-5-6-16(27-2)20(29-4)18(13)22(25)26/h5-6,9,23H,7-8,10-11H2,1-4H3,(H,25,26)/i1+1D3. The van der Waals surface area contributed by atoms with Crippen molar-refractivity contribution in [2.75, 3.05) is 41.6 Å². The van der Waals surface area contributed by atoms with Gasteiger partial charge in [0.05, 0.1) is 21.3 Å². The van der Waals surface area contributed by atoms with Crippen LogP contribution in [0.3, 0.4) is 0 Å². The molecule has 9 nitrogen and oxygen atoms in total. The average molecular weight is 435 g/mol. The summed E-state index contributed by atoms with van der Waals surface area (Å²) in [6.07, 6.45) is 0.00437. The molecule has 0 fully saturated rings. The summed E-state index contributed by atoms with van der Waals surface area (Å²) >= 11 is 0. The van der Waals surface area contributed by atoms with Crippen molar-refractivity contribution in [3.8, 4) is 28.7 Å². The van der Waals surface area contributed by atoms with E-state index in [4.69, 9.17) is 27.8 Å². The van der Waals surface area contributed by atoms with Crippen molar-refractivity contribution >= 4 is 11.8 Å². The van der Waals surface area contributed by atoms with Crippen molar-refractivity contribution in [3.05, 3.63) is 40.5 Å². The van der Waals surface area contributed by atoms with Crippen LogP contribution in [0.1, 0.15) is 36.0 Å². The van der Waals surface area contributed by atoms with Crippen molar-refractivity contribution in [2.45, 2.75) is 12.8 Å². The molecule has 9 heteroatoms. The number of methoxy groups -OCH3 is 3. The summed E-state index contributed by atoms with van der Waals surface area (Å²) in [5.74, 6) is -0.754. The van der Waals surface area contributed by atoms with E-state index in [0.29, 0.717) is 22.6 Å². The van der Waals surface area contributed by atoms with Crippen LogP contribution in [0.2, 0.25) is 0 Å². The monoisotopic (exact) mass is 435 g/mol. The Morgan fingerprint density at radius 1 is 1.16 bits per heavy atom. The number of rotatable bonds is 10. The number of benzene rings is 2. The van der Waals surface area contributed by atoms with Crippen LogP contribution in [-0.4, -0.2) is 58.5 Å². The number of likely N-dealkylation sites (N-methyl/N-ethyl adjacent to an activating group) is 1. The minimum absolute atomic E-state index is 0.0328. The molecule has 166 valence electrons. The summed E-state index contributed by atoms with van der Waals surface area (Å²) in [4.78, 5) is 25.4. The predicted octanol–water partition coefficient (Wildman–Crippen LogP) is 2.33. The van der Waals surface area contributed by atoms with E-state index in [0.717, 1.165) is 0 Å². The van der Waals surface area contributed by atoms with E-state index in [9.17, 15) is 14.7 Å². The van der Waals surface area contributed by atoms with Gasteiger partial charge in [-0.05, 0) is 43.7 Å². The first kappa shape index (κ1) is 18.3. The number of carbonyl (C=O) groups excluding carboxylic acids is 1. The van der Waals surface area contributed by atoms with Gasteiger partial charge in [0, 0.05) is 21.7 Å². The highest BCUT2D eigenvalue weighted by atomic mass is 16.7. The molecule has 0 bridgehead atoms. The summed E-state index contributed by atoms with van der Waals surface area (Å²) in [6, 6.07) is 4.49. The number of hydrogen-bond donors (Lipinski definition) is 2. The first-order valence-corrected chi connectivity index (χ1v) is 9.36. The molecule has 3 rings (SSSR count). The van der Waals surface area contributed by atoms with Crippen LogP contribution in [0.4, 0.5) is 0 Å². The zero-order valence-corrected chi connectivity index (χ0v) is 17.4. The van der Waals surface area contributed by atoms with Crippen molar-refractivity contribution in [3.63, 3.8) is 0 Å². The van der Waals surface area contributed by atoms with Crippen LogP contribution in [0.15, 0.2) is 18.2 Å². The maximum Gasteiger partial charge on any atom is 0.340 e. The van der Waals surface area contributed by atoms with Gasteiger partial charge in [0.2, 0.25) is 12.5 Å². The second kappa shape index (κ2) is 9.57. The van der Waals surface area contributed by atoms with Crippen LogP contribution in [-0.2, 0) is 12.8 Å². The molecular weight excluding hydrogens is 407 g/mol. The minimum Gasteiger partial charge on any atom is -0.493 e. The van der Waals surface area contributed by atoms with E-state index in [1.54, 1.807) is 6.07 Å². The quantitative estimate of drug-likeness (QED) is 0.429. The topological polar surface area (TPSA) is 113 Å². The Morgan fingerprint density at radius 2 is 1.94 bits per heavy atom. The Morgan fingerprint density at radius 3 is 2.58 bits per heavy atom. The summed E-state index contributed by atoms with van der Waals surface area (Å²) in [5.41, 5.74) is 0.646. The smallest absolute Gasteiger partial charge is 0.340 e. The Kier molecular flexibility index (Phi) is 5.65. The molecule has 0 amide bonds. The van der Waals surface area contributed by atoms with Crippen molar-refractivity contribution < 1.29 is 42.5 Å². The lowest BCUT2D eigenvalue weighted by molar-refractivity contribution is 0.0687. The first-order valence-electron chi connectivity index (χ1n) is 10.9. The highest BCUT2D eigenvalue weighted by Gasteiger charge is 2.29. The number of Topliss-reactive ketones (excluding diaryl/α,β-unsaturated/α-hetero) is 1. The molecule has 0 saturated heterocycles. The number of hydrogen-bond acceptors (Lipinski definition) is 8. The van der Waals surface area contributed by atoms with Crippen LogP contribution in [0, 0.1) is 0 Å². The number of carboxylic acid groups (broad SMARTS) is 1. The molecule has 0 aliphatic carbocycles. The zero-order chi connectivity index (χ0) is 25.0. The fourth-order valence-electron chi connectivity index (χ4n) is 3.56. The highest BCUT2D eigenvalue weighted by Crippen LogP contribution is 2.45. The van der Waals surface area contributed by atoms with Gasteiger partial charge >= 0.3 is 5.97 Å². The number of aromatic carboxylic acids is 1. The molecule has 0 spiro atoms. The molecule has 1 aliphatic heterocycles. The van der Waals surface area contributed by atoms with Gasteiger partial charge in [-0.25, -0.2) is 4.79 Å². The second-order valence-corrected chi connectivity index (χ2v) is 6.59. The largest absolute Gasteiger partial charge is 0.493 e. The van der Waals surface area contributed by atoms with E-state index < -0.39 is 18.7 Å². The Hall–Kier alpha value is -3.46. The number of ketones is 1. The summed E-state index contributed by atoms with van der Waals surface area (Å²) in [7, 11) is 4.06. The van der Waals surface area contributed by atoms with E-state index >= 15 is 0 Å². The van der Waals surface area contributed by atoms with Gasteiger partial charge < -0.3 is 34.1 Å². The van der Waals surface area contributed by atoms with Gasteiger partial charge in [-0.3, -0.25) is 4.79 Å². The van der Waals surface area contributed by atoms with Crippen molar-refractivity contribution in [1.82, 2.24) is 5.32 Å². The van der Waals surface area contributed by atoms with Gasteiger partial charge in [0.1, 0.15) is 5.56 Å². The summed E-state index contributed by atoms with van der Waals surface area (Å²) in [6.45, 7) is -2.27. The second-order valence-electron chi connectivity index (χ2n) is 6.59. The van der Waals surface area contributed by atoms with Crippen LogP contribution in [0.25, 0.3) is 0 Å². The van der Waals surface area contributed by atoms with Gasteiger partial charge in [-0.2, -0.15) is 0 Å². The fraction of sp³-hybridized carbons (Fsp3) is 0.364. The molecule has 0 unspecified atom stereocenters.